The van der Waals surface area contributed by atoms with Gasteiger partial charge in [0, 0.05) is 25.2 Å². The first-order valence-electron chi connectivity index (χ1n) is 8.74. The molecule has 2 fully saturated rings. The lowest BCUT2D eigenvalue weighted by Crippen LogP contribution is -2.50. The summed E-state index contributed by atoms with van der Waals surface area (Å²) in [5.74, 6) is 0.945. The lowest BCUT2D eigenvalue weighted by Gasteiger charge is -2.35. The van der Waals surface area contributed by atoms with Gasteiger partial charge in [0.05, 0.1) is 12.7 Å². The minimum absolute atomic E-state index is 0.0355. The number of hydrogen-bond acceptors (Lipinski definition) is 5. The van der Waals surface area contributed by atoms with Crippen LogP contribution in [0.25, 0.3) is 0 Å². The van der Waals surface area contributed by atoms with Gasteiger partial charge in [0.2, 0.25) is 0 Å². The molecule has 6 heteroatoms. The van der Waals surface area contributed by atoms with Crippen LogP contribution < -0.4 is 10.1 Å². The highest BCUT2D eigenvalue weighted by atomic mass is 16.6. The Morgan fingerprint density at radius 1 is 1.24 bits per heavy atom. The number of para-hydroxylation sites is 1. The molecule has 0 aliphatic carbocycles. The van der Waals surface area contributed by atoms with Gasteiger partial charge in [0.15, 0.2) is 5.76 Å². The van der Waals surface area contributed by atoms with E-state index in [0.717, 1.165) is 19.7 Å². The van der Waals surface area contributed by atoms with E-state index in [1.807, 2.05) is 30.3 Å². The number of rotatable bonds is 5. The molecule has 25 heavy (non-hydrogen) atoms. The smallest absolute Gasteiger partial charge is 0.290 e. The Labute approximate surface area is 146 Å². The molecule has 0 saturated carbocycles. The van der Waals surface area contributed by atoms with Crippen molar-refractivity contribution in [2.24, 2.45) is 0 Å². The maximum Gasteiger partial charge on any atom is 0.290 e. The largest absolute Gasteiger partial charge is 0.426 e. The fraction of sp³-hybridized carbons (Fsp3) is 0.421. The molecule has 132 valence electrons. The van der Waals surface area contributed by atoms with E-state index in [0.29, 0.717) is 24.3 Å². The van der Waals surface area contributed by atoms with Crippen molar-refractivity contribution in [2.45, 2.75) is 25.0 Å². The summed E-state index contributed by atoms with van der Waals surface area (Å²) in [5, 5.41) is 2.89. The molecular formula is C19H22N2O4. The van der Waals surface area contributed by atoms with Crippen molar-refractivity contribution in [3.63, 3.8) is 0 Å². The molecule has 6 nitrogen and oxygen atoms in total. The highest BCUT2D eigenvalue weighted by Gasteiger charge is 2.32. The summed E-state index contributed by atoms with van der Waals surface area (Å²) in [6, 6.07) is 13.1. The second-order valence-corrected chi connectivity index (χ2v) is 6.49. The molecule has 2 aromatic rings. The van der Waals surface area contributed by atoms with E-state index < -0.39 is 0 Å². The average molecular weight is 342 g/mol. The van der Waals surface area contributed by atoms with Gasteiger partial charge in [-0.3, -0.25) is 9.69 Å². The SMILES string of the molecule is O=C(NC[C@@H]1CN2CCC[C@H]2CO1)c1ccc(Oc2ccccc2)o1. The predicted octanol–water partition coefficient (Wildman–Crippen LogP) is 2.66. The fourth-order valence-corrected chi connectivity index (χ4v) is 3.40. The standard InChI is InChI=1S/C19H22N2O4/c22-19(20-11-16-12-21-10-4-5-14(21)13-23-16)17-8-9-18(25-17)24-15-6-2-1-3-7-15/h1-3,6-9,14,16H,4-5,10-13H2,(H,20,22)/t14-,16+/m0/s1. The highest BCUT2D eigenvalue weighted by Crippen LogP contribution is 2.24. The second-order valence-electron chi connectivity index (χ2n) is 6.49. The van der Waals surface area contributed by atoms with Crippen LogP contribution in [0.5, 0.6) is 11.7 Å². The number of furan rings is 1. The van der Waals surface area contributed by atoms with Gasteiger partial charge in [0.25, 0.3) is 11.9 Å². The number of nitrogens with zero attached hydrogens (tertiary/aromatic N) is 1. The van der Waals surface area contributed by atoms with Gasteiger partial charge in [-0.2, -0.15) is 0 Å². The lowest BCUT2D eigenvalue weighted by molar-refractivity contribution is -0.0462. The Morgan fingerprint density at radius 3 is 3.00 bits per heavy atom. The monoisotopic (exact) mass is 342 g/mol. The number of fused-ring (bicyclic) bond motifs is 1. The summed E-state index contributed by atoms with van der Waals surface area (Å²) in [7, 11) is 0. The first-order chi connectivity index (χ1) is 12.3. The van der Waals surface area contributed by atoms with Crippen LogP contribution in [0, 0.1) is 0 Å². The molecule has 2 saturated heterocycles. The second kappa shape index (κ2) is 7.29. The Kier molecular flexibility index (Phi) is 4.72. The van der Waals surface area contributed by atoms with E-state index in [9.17, 15) is 4.79 Å². The summed E-state index contributed by atoms with van der Waals surface area (Å²) < 4.78 is 16.9. The summed E-state index contributed by atoms with van der Waals surface area (Å²) in [5.41, 5.74) is 0. The summed E-state index contributed by atoms with van der Waals surface area (Å²) in [4.78, 5) is 14.7. The van der Waals surface area contributed by atoms with Crippen molar-refractivity contribution >= 4 is 5.91 Å². The zero-order valence-corrected chi connectivity index (χ0v) is 14.0. The van der Waals surface area contributed by atoms with Crippen LogP contribution >= 0.6 is 0 Å². The van der Waals surface area contributed by atoms with E-state index in [4.69, 9.17) is 13.9 Å². The number of benzene rings is 1. The van der Waals surface area contributed by atoms with E-state index in [1.165, 1.54) is 12.8 Å². The quantitative estimate of drug-likeness (QED) is 0.905. The van der Waals surface area contributed by atoms with Gasteiger partial charge in [-0.15, -0.1) is 0 Å². The molecule has 1 amide bonds. The van der Waals surface area contributed by atoms with Gasteiger partial charge in [-0.05, 0) is 37.6 Å². The Morgan fingerprint density at radius 2 is 2.12 bits per heavy atom. The number of morpholine rings is 1. The third-order valence-electron chi connectivity index (χ3n) is 4.72. The number of carbonyl (C=O) groups is 1. The summed E-state index contributed by atoms with van der Waals surface area (Å²) in [6.07, 6.45) is 2.49. The first-order valence-corrected chi connectivity index (χ1v) is 8.74. The van der Waals surface area contributed by atoms with Crippen LogP contribution in [-0.2, 0) is 4.74 Å². The zero-order chi connectivity index (χ0) is 17.1. The van der Waals surface area contributed by atoms with E-state index in [-0.39, 0.29) is 17.8 Å². The van der Waals surface area contributed by atoms with Gasteiger partial charge in [0.1, 0.15) is 5.75 Å². The Hall–Kier alpha value is -2.31. The minimum Gasteiger partial charge on any atom is -0.426 e. The Balaban J connectivity index is 1.28. The summed E-state index contributed by atoms with van der Waals surface area (Å²) in [6.45, 7) is 3.26. The van der Waals surface area contributed by atoms with Crippen LogP contribution in [0.3, 0.4) is 0 Å². The number of nitrogens with one attached hydrogen (secondary N) is 1. The highest BCUT2D eigenvalue weighted by molar-refractivity contribution is 5.91. The van der Waals surface area contributed by atoms with Gasteiger partial charge in [-0.1, -0.05) is 18.2 Å². The zero-order valence-electron chi connectivity index (χ0n) is 14.0. The summed E-state index contributed by atoms with van der Waals surface area (Å²) >= 11 is 0. The number of hydrogen-bond donors (Lipinski definition) is 1. The van der Waals surface area contributed by atoms with Crippen LogP contribution in [0.4, 0.5) is 0 Å². The molecule has 4 rings (SSSR count). The van der Waals surface area contributed by atoms with E-state index >= 15 is 0 Å². The van der Waals surface area contributed by atoms with Gasteiger partial charge < -0.3 is 19.2 Å². The van der Waals surface area contributed by atoms with Crippen molar-refractivity contribution in [2.75, 3.05) is 26.2 Å². The third kappa shape index (κ3) is 3.86. The Bertz CT molecular complexity index is 715. The third-order valence-corrected chi connectivity index (χ3v) is 4.72. The average Bonchev–Trinajstić information content (AvgIpc) is 3.29. The number of amides is 1. The molecule has 0 bridgehead atoms. The number of ether oxygens (including phenoxy) is 2. The molecule has 0 radical (unpaired) electrons. The molecule has 3 heterocycles. The molecular weight excluding hydrogens is 320 g/mol. The van der Waals surface area contributed by atoms with Crippen molar-refractivity contribution in [3.05, 3.63) is 48.2 Å². The molecule has 1 N–H and O–H groups in total. The van der Waals surface area contributed by atoms with Crippen molar-refractivity contribution < 1.29 is 18.7 Å². The maximum atomic E-state index is 12.3. The van der Waals surface area contributed by atoms with Crippen LogP contribution in [-0.4, -0.2) is 49.2 Å². The van der Waals surface area contributed by atoms with Crippen LogP contribution in [0.15, 0.2) is 46.9 Å². The normalized spacial score (nSPS) is 23.2. The van der Waals surface area contributed by atoms with Gasteiger partial charge >= 0.3 is 0 Å². The van der Waals surface area contributed by atoms with Gasteiger partial charge in [-0.25, -0.2) is 0 Å². The molecule has 2 atom stereocenters. The minimum atomic E-state index is -0.255. The van der Waals surface area contributed by atoms with Crippen LogP contribution in [0.2, 0.25) is 0 Å². The molecule has 2 aliphatic heterocycles. The van der Waals surface area contributed by atoms with Crippen molar-refractivity contribution in [1.82, 2.24) is 10.2 Å². The van der Waals surface area contributed by atoms with Crippen LogP contribution in [0.1, 0.15) is 23.4 Å². The molecule has 1 aromatic carbocycles. The lowest BCUT2D eigenvalue weighted by atomic mass is 10.2. The molecule has 0 spiro atoms. The van der Waals surface area contributed by atoms with Crippen molar-refractivity contribution in [1.29, 1.82) is 0 Å². The molecule has 2 aliphatic rings. The van der Waals surface area contributed by atoms with E-state index in [2.05, 4.69) is 10.2 Å². The van der Waals surface area contributed by atoms with E-state index in [1.54, 1.807) is 12.1 Å². The fourth-order valence-electron chi connectivity index (χ4n) is 3.40. The molecule has 1 aromatic heterocycles. The topological polar surface area (TPSA) is 63.9 Å². The predicted molar refractivity (Wildman–Crippen MR) is 91.9 cm³/mol. The number of carbonyl (C=O) groups excluding carboxylic acids is 1. The molecule has 0 unspecified atom stereocenters. The van der Waals surface area contributed by atoms with Crippen molar-refractivity contribution in [3.8, 4) is 11.7 Å². The maximum absolute atomic E-state index is 12.3. The first kappa shape index (κ1) is 16.2.